The van der Waals surface area contributed by atoms with Gasteiger partial charge in [0.05, 0.1) is 38.6 Å². The molecule has 10 heteroatoms. The molecule has 1 aliphatic heterocycles. The van der Waals surface area contributed by atoms with Crippen molar-refractivity contribution in [3.8, 4) is 0 Å². The fraction of sp³-hybridized carbons (Fsp3) is 1.00. The summed E-state index contributed by atoms with van der Waals surface area (Å²) in [5.41, 5.74) is -1.18. The van der Waals surface area contributed by atoms with Gasteiger partial charge in [0, 0.05) is 0 Å². The summed E-state index contributed by atoms with van der Waals surface area (Å²) in [5.74, 6) is 0. The van der Waals surface area contributed by atoms with E-state index in [2.05, 4.69) is 5.32 Å². The third-order valence-electron chi connectivity index (χ3n) is 3.86. The lowest BCUT2D eigenvalue weighted by atomic mass is 9.99. The van der Waals surface area contributed by atoms with E-state index >= 15 is 0 Å². The number of hydrogen-bond donors (Lipinski definition) is 8. The van der Waals surface area contributed by atoms with Crippen LogP contribution in [0.5, 0.6) is 0 Å². The van der Waals surface area contributed by atoms with Gasteiger partial charge < -0.3 is 50.5 Å². The number of aliphatic hydroxyl groups is 7. The minimum absolute atomic E-state index is 0.105. The van der Waals surface area contributed by atoms with E-state index in [1.54, 1.807) is 0 Å². The maximum Gasteiger partial charge on any atom is 0.186 e. The highest BCUT2D eigenvalue weighted by Gasteiger charge is 2.43. The van der Waals surface area contributed by atoms with Crippen molar-refractivity contribution < 1.29 is 45.2 Å². The largest absolute Gasteiger partial charge is 0.394 e. The van der Waals surface area contributed by atoms with Crippen molar-refractivity contribution in [2.75, 3.05) is 39.6 Å². The van der Waals surface area contributed by atoms with E-state index in [0.717, 1.165) is 0 Å². The van der Waals surface area contributed by atoms with E-state index in [0.29, 0.717) is 13.0 Å². The zero-order valence-corrected chi connectivity index (χ0v) is 12.8. The van der Waals surface area contributed by atoms with Crippen LogP contribution in [0.15, 0.2) is 0 Å². The first-order chi connectivity index (χ1) is 10.9. The average molecular weight is 341 g/mol. The van der Waals surface area contributed by atoms with Crippen LogP contribution in [0.4, 0.5) is 0 Å². The zero-order chi connectivity index (χ0) is 17.5. The Morgan fingerprint density at radius 2 is 1.52 bits per heavy atom. The number of rotatable bonds is 10. The molecule has 138 valence electrons. The van der Waals surface area contributed by atoms with Crippen LogP contribution < -0.4 is 5.32 Å². The fourth-order valence-electron chi connectivity index (χ4n) is 2.15. The molecule has 0 aromatic heterocycles. The third kappa shape index (κ3) is 5.29. The fourth-order valence-corrected chi connectivity index (χ4v) is 2.15. The lowest BCUT2D eigenvalue weighted by molar-refractivity contribution is -0.301. The van der Waals surface area contributed by atoms with Gasteiger partial charge in [-0.1, -0.05) is 0 Å². The van der Waals surface area contributed by atoms with Gasteiger partial charge in [0.2, 0.25) is 0 Å². The van der Waals surface area contributed by atoms with Crippen molar-refractivity contribution in [2.45, 2.75) is 42.7 Å². The Labute approximate surface area is 133 Å². The summed E-state index contributed by atoms with van der Waals surface area (Å²) in [6.45, 7) is -1.43. The number of nitrogens with one attached hydrogen (secondary N) is 1. The first-order valence-electron chi connectivity index (χ1n) is 7.44. The molecule has 0 bridgehead atoms. The molecule has 0 aromatic rings. The molecule has 0 saturated carbocycles. The van der Waals surface area contributed by atoms with E-state index in [-0.39, 0.29) is 6.61 Å². The van der Waals surface area contributed by atoms with E-state index in [1.165, 1.54) is 0 Å². The predicted octanol–water partition coefficient (Wildman–Crippen LogP) is -4.50. The molecule has 0 amide bonds. The van der Waals surface area contributed by atoms with Gasteiger partial charge in [-0.05, 0) is 13.0 Å². The van der Waals surface area contributed by atoms with E-state index in [1.807, 2.05) is 0 Å². The Bertz CT molecular complexity index is 318. The maximum atomic E-state index is 9.76. The van der Waals surface area contributed by atoms with Crippen LogP contribution in [-0.4, -0.2) is 112 Å². The second-order valence-electron chi connectivity index (χ2n) is 5.60. The standard InChI is InChI=1S/C13H27NO9/c15-4-8-9(19)10(20)11(21)12(23-8)22-3-1-2-14-13(5-16,6-17)7-18/h8-12,14-21H,1-7H2. The second-order valence-corrected chi connectivity index (χ2v) is 5.60. The van der Waals surface area contributed by atoms with Crippen molar-refractivity contribution >= 4 is 0 Å². The molecule has 0 spiro atoms. The molecule has 23 heavy (non-hydrogen) atoms. The number of hydrogen-bond acceptors (Lipinski definition) is 10. The summed E-state index contributed by atoms with van der Waals surface area (Å²) in [7, 11) is 0. The third-order valence-corrected chi connectivity index (χ3v) is 3.86. The minimum atomic E-state index is -1.49. The van der Waals surface area contributed by atoms with Crippen molar-refractivity contribution in [3.63, 3.8) is 0 Å². The molecule has 0 radical (unpaired) electrons. The molecular weight excluding hydrogens is 314 g/mol. The molecule has 5 unspecified atom stereocenters. The van der Waals surface area contributed by atoms with Crippen molar-refractivity contribution in [3.05, 3.63) is 0 Å². The first-order valence-corrected chi connectivity index (χ1v) is 7.44. The topological polar surface area (TPSA) is 172 Å². The van der Waals surface area contributed by atoms with Gasteiger partial charge in [0.15, 0.2) is 6.29 Å². The van der Waals surface area contributed by atoms with Crippen LogP contribution in [-0.2, 0) is 9.47 Å². The van der Waals surface area contributed by atoms with Crippen LogP contribution in [0.2, 0.25) is 0 Å². The Morgan fingerprint density at radius 3 is 2.04 bits per heavy atom. The van der Waals surface area contributed by atoms with Crippen LogP contribution in [0.3, 0.4) is 0 Å². The summed E-state index contributed by atoms with van der Waals surface area (Å²) in [4.78, 5) is 0. The molecule has 1 aliphatic rings. The van der Waals surface area contributed by atoms with Gasteiger partial charge in [0.25, 0.3) is 0 Å². The first kappa shape index (κ1) is 20.6. The number of ether oxygens (including phenoxy) is 2. The van der Waals surface area contributed by atoms with Crippen LogP contribution in [0.25, 0.3) is 0 Å². The van der Waals surface area contributed by atoms with Crippen LogP contribution >= 0.6 is 0 Å². The molecule has 0 aromatic carbocycles. The molecular formula is C13H27NO9. The van der Waals surface area contributed by atoms with Crippen LogP contribution in [0.1, 0.15) is 6.42 Å². The minimum Gasteiger partial charge on any atom is -0.394 e. The Morgan fingerprint density at radius 1 is 0.913 bits per heavy atom. The average Bonchev–Trinajstić information content (AvgIpc) is 2.58. The Balaban J connectivity index is 2.35. The Hall–Kier alpha value is -0.400. The quantitative estimate of drug-likeness (QED) is 0.181. The van der Waals surface area contributed by atoms with Gasteiger partial charge >= 0.3 is 0 Å². The maximum absolute atomic E-state index is 9.76. The lowest BCUT2D eigenvalue weighted by Gasteiger charge is -2.39. The highest BCUT2D eigenvalue weighted by Crippen LogP contribution is 2.21. The molecule has 5 atom stereocenters. The van der Waals surface area contributed by atoms with Crippen LogP contribution in [0, 0.1) is 0 Å². The second kappa shape index (κ2) is 9.79. The summed E-state index contributed by atoms with van der Waals surface area (Å²) in [6, 6.07) is 0. The van der Waals surface area contributed by atoms with Crippen molar-refractivity contribution in [1.82, 2.24) is 5.32 Å². The zero-order valence-electron chi connectivity index (χ0n) is 12.8. The van der Waals surface area contributed by atoms with Crippen molar-refractivity contribution in [1.29, 1.82) is 0 Å². The van der Waals surface area contributed by atoms with Gasteiger partial charge in [-0.25, -0.2) is 0 Å². The van der Waals surface area contributed by atoms with E-state index < -0.39 is 62.7 Å². The van der Waals surface area contributed by atoms with E-state index in [4.69, 9.17) is 29.9 Å². The summed E-state index contributed by atoms with van der Waals surface area (Å²) in [5, 5.41) is 68.3. The normalized spacial score (nSPS) is 32.2. The molecule has 0 aliphatic carbocycles. The monoisotopic (exact) mass is 341 g/mol. The summed E-state index contributed by atoms with van der Waals surface area (Å²) >= 11 is 0. The SMILES string of the molecule is OCC1OC(OCCCNC(CO)(CO)CO)C(O)C(O)C1O. The molecule has 10 nitrogen and oxygen atoms in total. The highest BCUT2D eigenvalue weighted by atomic mass is 16.7. The number of aliphatic hydroxyl groups excluding tert-OH is 7. The molecule has 1 fully saturated rings. The smallest absolute Gasteiger partial charge is 0.186 e. The van der Waals surface area contributed by atoms with E-state index in [9.17, 15) is 15.3 Å². The van der Waals surface area contributed by atoms with Gasteiger partial charge in [-0.15, -0.1) is 0 Å². The van der Waals surface area contributed by atoms with Gasteiger partial charge in [-0.2, -0.15) is 0 Å². The van der Waals surface area contributed by atoms with Crippen molar-refractivity contribution in [2.24, 2.45) is 0 Å². The molecule has 1 rings (SSSR count). The molecule has 1 heterocycles. The summed E-state index contributed by atoms with van der Waals surface area (Å²) < 4.78 is 10.4. The highest BCUT2D eigenvalue weighted by molar-refractivity contribution is 4.89. The molecule has 8 N–H and O–H groups in total. The predicted molar refractivity (Wildman–Crippen MR) is 76.3 cm³/mol. The Kier molecular flexibility index (Phi) is 8.79. The van der Waals surface area contributed by atoms with Gasteiger partial charge in [-0.3, -0.25) is 0 Å². The molecule has 1 saturated heterocycles. The van der Waals surface area contributed by atoms with Gasteiger partial charge in [0.1, 0.15) is 24.4 Å². The lowest BCUT2D eigenvalue weighted by Crippen LogP contribution is -2.59. The summed E-state index contributed by atoms with van der Waals surface area (Å²) in [6.07, 6.45) is -6.19.